The summed E-state index contributed by atoms with van der Waals surface area (Å²) in [6.45, 7) is 6.05. The van der Waals surface area contributed by atoms with Crippen molar-refractivity contribution >= 4 is 0 Å². The Morgan fingerprint density at radius 1 is 1.31 bits per heavy atom. The molecule has 2 aliphatic rings. The summed E-state index contributed by atoms with van der Waals surface area (Å²) in [5, 5.41) is 3.67. The van der Waals surface area contributed by atoms with E-state index in [1.54, 1.807) is 7.11 Å². The van der Waals surface area contributed by atoms with E-state index in [-0.39, 0.29) is 0 Å². The van der Waals surface area contributed by atoms with Crippen molar-refractivity contribution in [2.24, 2.45) is 5.92 Å². The Hall–Kier alpha value is -0.120. The van der Waals surface area contributed by atoms with Gasteiger partial charge in [-0.2, -0.15) is 0 Å². The second-order valence-corrected chi connectivity index (χ2v) is 5.25. The van der Waals surface area contributed by atoms with Gasteiger partial charge in [0.05, 0.1) is 0 Å². The van der Waals surface area contributed by atoms with Crippen molar-refractivity contribution in [2.45, 2.75) is 38.1 Å². The molecule has 0 aromatic heterocycles. The molecule has 2 atom stereocenters. The maximum Gasteiger partial charge on any atom is 0.0462 e. The third kappa shape index (κ3) is 3.44. The molecular weight excluding hydrogens is 200 g/mol. The van der Waals surface area contributed by atoms with Gasteiger partial charge in [-0.15, -0.1) is 0 Å². The van der Waals surface area contributed by atoms with Gasteiger partial charge in [-0.25, -0.2) is 0 Å². The lowest BCUT2D eigenvalue weighted by Crippen LogP contribution is -2.52. The van der Waals surface area contributed by atoms with Gasteiger partial charge in [0.25, 0.3) is 0 Å². The molecule has 0 bridgehead atoms. The summed E-state index contributed by atoms with van der Waals surface area (Å²) in [5.41, 5.74) is 0. The number of hydrogen-bond donors (Lipinski definition) is 1. The lowest BCUT2D eigenvalue weighted by Gasteiger charge is -2.41. The molecule has 2 aliphatic heterocycles. The van der Waals surface area contributed by atoms with Crippen LogP contribution in [0.3, 0.4) is 0 Å². The Bertz CT molecular complexity index is 198. The SMILES string of the molecule is COCCCCN1CCC2NCCCC2C1. The summed E-state index contributed by atoms with van der Waals surface area (Å²) in [5.74, 6) is 0.921. The fourth-order valence-corrected chi connectivity index (χ4v) is 3.11. The van der Waals surface area contributed by atoms with E-state index in [1.807, 2.05) is 0 Å². The van der Waals surface area contributed by atoms with Gasteiger partial charge in [-0.1, -0.05) is 0 Å². The van der Waals surface area contributed by atoms with Crippen molar-refractivity contribution in [3.8, 4) is 0 Å². The minimum atomic E-state index is 0.823. The first-order chi connectivity index (χ1) is 7.90. The predicted octanol–water partition coefficient (Wildman–Crippen LogP) is 1.49. The Morgan fingerprint density at radius 3 is 3.12 bits per heavy atom. The summed E-state index contributed by atoms with van der Waals surface area (Å²) >= 11 is 0. The van der Waals surface area contributed by atoms with Gasteiger partial charge in [0.2, 0.25) is 0 Å². The monoisotopic (exact) mass is 226 g/mol. The molecule has 2 fully saturated rings. The molecule has 94 valence electrons. The molecule has 2 saturated heterocycles. The summed E-state index contributed by atoms with van der Waals surface area (Å²) in [7, 11) is 1.79. The van der Waals surface area contributed by atoms with Crippen LogP contribution in [0.1, 0.15) is 32.1 Å². The highest BCUT2D eigenvalue weighted by atomic mass is 16.5. The van der Waals surface area contributed by atoms with Gasteiger partial charge in [-0.3, -0.25) is 0 Å². The van der Waals surface area contributed by atoms with Crippen molar-refractivity contribution in [3.05, 3.63) is 0 Å². The van der Waals surface area contributed by atoms with Crippen LogP contribution in [-0.2, 0) is 4.74 Å². The van der Waals surface area contributed by atoms with Gasteiger partial charge in [0.1, 0.15) is 0 Å². The molecule has 0 amide bonds. The van der Waals surface area contributed by atoms with E-state index >= 15 is 0 Å². The fraction of sp³-hybridized carbons (Fsp3) is 1.00. The topological polar surface area (TPSA) is 24.5 Å². The quantitative estimate of drug-likeness (QED) is 0.719. The fourth-order valence-electron chi connectivity index (χ4n) is 3.11. The van der Waals surface area contributed by atoms with E-state index in [4.69, 9.17) is 4.74 Å². The number of piperidine rings is 2. The highest BCUT2D eigenvalue weighted by Gasteiger charge is 2.30. The number of nitrogens with zero attached hydrogens (tertiary/aromatic N) is 1. The normalized spacial score (nSPS) is 31.3. The lowest BCUT2D eigenvalue weighted by molar-refractivity contribution is 0.109. The molecule has 0 aromatic rings. The van der Waals surface area contributed by atoms with Crippen LogP contribution < -0.4 is 5.32 Å². The van der Waals surface area contributed by atoms with E-state index in [0.717, 1.165) is 18.6 Å². The smallest absolute Gasteiger partial charge is 0.0462 e. The second kappa shape index (κ2) is 6.58. The zero-order valence-corrected chi connectivity index (χ0v) is 10.6. The third-order valence-corrected chi connectivity index (χ3v) is 4.05. The first-order valence-corrected chi connectivity index (χ1v) is 6.85. The molecule has 0 spiro atoms. The summed E-state index contributed by atoms with van der Waals surface area (Å²) in [6, 6.07) is 0.823. The zero-order chi connectivity index (χ0) is 11.2. The van der Waals surface area contributed by atoms with Crippen LogP contribution in [0.4, 0.5) is 0 Å². The first kappa shape index (κ1) is 12.3. The largest absolute Gasteiger partial charge is 0.385 e. The predicted molar refractivity (Wildman–Crippen MR) is 66.7 cm³/mol. The van der Waals surface area contributed by atoms with Crippen molar-refractivity contribution < 1.29 is 4.74 Å². The molecule has 0 aliphatic carbocycles. The average molecular weight is 226 g/mol. The highest BCUT2D eigenvalue weighted by Crippen LogP contribution is 2.24. The van der Waals surface area contributed by atoms with Crippen molar-refractivity contribution in [3.63, 3.8) is 0 Å². The number of unbranched alkanes of at least 4 members (excludes halogenated alkanes) is 1. The average Bonchev–Trinajstić information content (AvgIpc) is 2.34. The summed E-state index contributed by atoms with van der Waals surface area (Å²) in [6.07, 6.45) is 6.66. The number of likely N-dealkylation sites (tertiary alicyclic amines) is 1. The van der Waals surface area contributed by atoms with E-state index in [1.165, 1.54) is 58.3 Å². The van der Waals surface area contributed by atoms with Gasteiger partial charge in [0.15, 0.2) is 0 Å². The van der Waals surface area contributed by atoms with E-state index in [0.29, 0.717) is 0 Å². The van der Waals surface area contributed by atoms with Crippen molar-refractivity contribution in [1.82, 2.24) is 10.2 Å². The third-order valence-electron chi connectivity index (χ3n) is 4.05. The number of nitrogens with one attached hydrogen (secondary N) is 1. The van der Waals surface area contributed by atoms with Crippen LogP contribution in [-0.4, -0.2) is 50.8 Å². The van der Waals surface area contributed by atoms with E-state index in [2.05, 4.69) is 10.2 Å². The first-order valence-electron chi connectivity index (χ1n) is 6.85. The molecule has 2 heterocycles. The van der Waals surface area contributed by atoms with Crippen molar-refractivity contribution in [1.29, 1.82) is 0 Å². The maximum absolute atomic E-state index is 5.09. The molecule has 0 radical (unpaired) electrons. The summed E-state index contributed by atoms with van der Waals surface area (Å²) in [4.78, 5) is 2.66. The molecule has 0 aromatic carbocycles. The zero-order valence-electron chi connectivity index (χ0n) is 10.6. The number of hydrogen-bond acceptors (Lipinski definition) is 3. The molecule has 16 heavy (non-hydrogen) atoms. The molecule has 3 heteroatoms. The lowest BCUT2D eigenvalue weighted by atomic mass is 9.85. The van der Waals surface area contributed by atoms with Gasteiger partial charge < -0.3 is 15.0 Å². The van der Waals surface area contributed by atoms with Gasteiger partial charge in [-0.05, 0) is 57.7 Å². The van der Waals surface area contributed by atoms with Crippen molar-refractivity contribution in [2.75, 3.05) is 39.9 Å². The minimum Gasteiger partial charge on any atom is -0.385 e. The Morgan fingerprint density at radius 2 is 2.25 bits per heavy atom. The summed E-state index contributed by atoms with van der Waals surface area (Å²) < 4.78 is 5.09. The molecule has 2 rings (SSSR count). The molecular formula is C13H26N2O. The molecule has 3 nitrogen and oxygen atoms in total. The Kier molecular flexibility index (Phi) is 5.07. The van der Waals surface area contributed by atoms with Crippen LogP contribution >= 0.6 is 0 Å². The Labute approximate surface area is 99.5 Å². The standard InChI is InChI=1S/C13H26N2O/c1-16-10-3-2-8-15-9-6-13-12(11-15)5-4-7-14-13/h12-14H,2-11H2,1H3. The van der Waals surface area contributed by atoms with Crippen LogP contribution in [0.5, 0.6) is 0 Å². The van der Waals surface area contributed by atoms with Crippen LogP contribution in [0, 0.1) is 5.92 Å². The molecule has 0 saturated carbocycles. The van der Waals surface area contributed by atoms with Crippen LogP contribution in [0.25, 0.3) is 0 Å². The second-order valence-electron chi connectivity index (χ2n) is 5.25. The molecule has 1 N–H and O–H groups in total. The Balaban J connectivity index is 1.65. The number of fused-ring (bicyclic) bond motifs is 1. The molecule has 2 unspecified atom stereocenters. The van der Waals surface area contributed by atoms with Gasteiger partial charge in [0, 0.05) is 26.3 Å². The number of methoxy groups -OCH3 is 1. The number of ether oxygens (including phenoxy) is 1. The van der Waals surface area contributed by atoms with Crippen LogP contribution in [0.15, 0.2) is 0 Å². The van der Waals surface area contributed by atoms with Gasteiger partial charge >= 0.3 is 0 Å². The maximum atomic E-state index is 5.09. The highest BCUT2D eigenvalue weighted by molar-refractivity contribution is 4.88. The van der Waals surface area contributed by atoms with Crippen LogP contribution in [0.2, 0.25) is 0 Å². The van der Waals surface area contributed by atoms with E-state index in [9.17, 15) is 0 Å². The minimum absolute atomic E-state index is 0.823. The number of rotatable bonds is 5. The van der Waals surface area contributed by atoms with E-state index < -0.39 is 0 Å².